The first-order chi connectivity index (χ1) is 8.78. The van der Waals surface area contributed by atoms with Crippen LogP contribution in [0.2, 0.25) is 0 Å². The van der Waals surface area contributed by atoms with Crippen LogP contribution in [0.3, 0.4) is 0 Å². The quantitative estimate of drug-likeness (QED) is 0.883. The Hall–Kier alpha value is -1.69. The molecule has 0 bridgehead atoms. The molecule has 2 aromatic rings. The highest BCUT2D eigenvalue weighted by molar-refractivity contribution is 5.45. The number of hydrogen-bond acceptors (Lipinski definition) is 4. The number of hydrogen-bond donors (Lipinski definition) is 1. The van der Waals surface area contributed by atoms with E-state index in [9.17, 15) is 4.39 Å². The van der Waals surface area contributed by atoms with Gasteiger partial charge in [-0.3, -0.25) is 0 Å². The van der Waals surface area contributed by atoms with Crippen LogP contribution in [0, 0.1) is 5.82 Å². The molecule has 18 heavy (non-hydrogen) atoms. The van der Waals surface area contributed by atoms with Crippen molar-refractivity contribution in [3.63, 3.8) is 0 Å². The fourth-order valence-electron chi connectivity index (χ4n) is 2.44. The van der Waals surface area contributed by atoms with Crippen molar-refractivity contribution in [2.75, 3.05) is 24.5 Å². The van der Waals surface area contributed by atoms with E-state index in [1.807, 2.05) is 0 Å². The van der Waals surface area contributed by atoms with Gasteiger partial charge < -0.3 is 10.2 Å². The minimum atomic E-state index is -0.301. The molecule has 1 fully saturated rings. The molecule has 1 unspecified atom stereocenters. The Morgan fingerprint density at radius 1 is 1.56 bits per heavy atom. The van der Waals surface area contributed by atoms with E-state index in [2.05, 4.69) is 27.2 Å². The minimum absolute atomic E-state index is 0.301. The van der Waals surface area contributed by atoms with Gasteiger partial charge in [0.1, 0.15) is 5.82 Å². The first-order valence-electron chi connectivity index (χ1n) is 6.27. The Bertz CT molecular complexity index is 546. The standard InChI is InChI=1S/C12H16FN5/c1-2-17(10-5-6-14-7-10)12-15-11-4-3-9(13)8-18(11)16-12/h3-4,8,10,14H,2,5-7H2,1H3. The summed E-state index contributed by atoms with van der Waals surface area (Å²) in [6.07, 6.45) is 2.45. The number of pyridine rings is 1. The summed E-state index contributed by atoms with van der Waals surface area (Å²) in [7, 11) is 0. The molecular formula is C12H16FN5. The van der Waals surface area contributed by atoms with E-state index >= 15 is 0 Å². The maximum Gasteiger partial charge on any atom is 0.245 e. The zero-order valence-corrected chi connectivity index (χ0v) is 10.3. The van der Waals surface area contributed by atoms with Crippen molar-refractivity contribution < 1.29 is 4.39 Å². The molecule has 0 aliphatic carbocycles. The van der Waals surface area contributed by atoms with Crippen molar-refractivity contribution in [2.45, 2.75) is 19.4 Å². The van der Waals surface area contributed by atoms with Crippen molar-refractivity contribution >= 4 is 11.6 Å². The smallest absolute Gasteiger partial charge is 0.245 e. The van der Waals surface area contributed by atoms with Crippen LogP contribution in [-0.2, 0) is 0 Å². The highest BCUT2D eigenvalue weighted by Gasteiger charge is 2.24. The average molecular weight is 249 g/mol. The number of anilines is 1. The third kappa shape index (κ3) is 1.92. The fourth-order valence-corrected chi connectivity index (χ4v) is 2.44. The first-order valence-corrected chi connectivity index (χ1v) is 6.27. The molecule has 96 valence electrons. The lowest BCUT2D eigenvalue weighted by atomic mass is 10.2. The van der Waals surface area contributed by atoms with Crippen LogP contribution >= 0.6 is 0 Å². The number of likely N-dealkylation sites (N-methyl/N-ethyl adjacent to an activating group) is 1. The number of fused-ring (bicyclic) bond motifs is 1. The van der Waals surface area contributed by atoms with Gasteiger partial charge in [0.15, 0.2) is 5.65 Å². The summed E-state index contributed by atoms with van der Waals surface area (Å²) in [4.78, 5) is 6.62. The summed E-state index contributed by atoms with van der Waals surface area (Å²) in [6, 6.07) is 3.48. The van der Waals surface area contributed by atoms with Gasteiger partial charge in [0.05, 0.1) is 6.20 Å². The Morgan fingerprint density at radius 3 is 3.17 bits per heavy atom. The van der Waals surface area contributed by atoms with Crippen LogP contribution < -0.4 is 10.2 Å². The van der Waals surface area contributed by atoms with Crippen LogP contribution in [0.5, 0.6) is 0 Å². The van der Waals surface area contributed by atoms with Gasteiger partial charge in [-0.1, -0.05) is 0 Å². The predicted molar refractivity (Wildman–Crippen MR) is 67.2 cm³/mol. The van der Waals surface area contributed by atoms with E-state index < -0.39 is 0 Å². The van der Waals surface area contributed by atoms with Gasteiger partial charge in [-0.15, -0.1) is 5.10 Å². The van der Waals surface area contributed by atoms with Crippen molar-refractivity contribution in [3.05, 3.63) is 24.1 Å². The molecule has 2 aromatic heterocycles. The summed E-state index contributed by atoms with van der Waals surface area (Å²) >= 11 is 0. The van der Waals surface area contributed by atoms with Gasteiger partial charge in [0.2, 0.25) is 5.95 Å². The maximum absolute atomic E-state index is 13.1. The molecule has 1 aliphatic heterocycles. The maximum atomic E-state index is 13.1. The lowest BCUT2D eigenvalue weighted by Crippen LogP contribution is -2.37. The average Bonchev–Trinajstić information content (AvgIpc) is 2.98. The zero-order valence-electron chi connectivity index (χ0n) is 10.3. The second-order valence-electron chi connectivity index (χ2n) is 4.49. The topological polar surface area (TPSA) is 45.5 Å². The Morgan fingerprint density at radius 2 is 2.44 bits per heavy atom. The third-order valence-corrected chi connectivity index (χ3v) is 3.36. The van der Waals surface area contributed by atoms with E-state index in [-0.39, 0.29) is 5.82 Å². The first kappa shape index (κ1) is 11.4. The van der Waals surface area contributed by atoms with Crippen LogP contribution in [0.4, 0.5) is 10.3 Å². The van der Waals surface area contributed by atoms with Crippen LogP contribution in [0.25, 0.3) is 5.65 Å². The molecule has 0 radical (unpaired) electrons. The lowest BCUT2D eigenvalue weighted by molar-refractivity contribution is 0.611. The van der Waals surface area contributed by atoms with E-state index in [1.165, 1.54) is 16.8 Å². The molecule has 1 aliphatic rings. The van der Waals surface area contributed by atoms with Crippen LogP contribution in [0.15, 0.2) is 18.3 Å². The van der Waals surface area contributed by atoms with E-state index in [4.69, 9.17) is 0 Å². The highest BCUT2D eigenvalue weighted by atomic mass is 19.1. The number of aromatic nitrogens is 3. The summed E-state index contributed by atoms with van der Waals surface area (Å²) in [5.41, 5.74) is 0.677. The number of rotatable bonds is 3. The molecule has 1 saturated heterocycles. The molecular weight excluding hydrogens is 233 g/mol. The van der Waals surface area contributed by atoms with E-state index in [1.54, 1.807) is 6.07 Å². The summed E-state index contributed by atoms with van der Waals surface area (Å²) in [5.74, 6) is 0.376. The number of nitrogens with zero attached hydrogens (tertiary/aromatic N) is 4. The van der Waals surface area contributed by atoms with Crippen molar-refractivity contribution in [1.29, 1.82) is 0 Å². The lowest BCUT2D eigenvalue weighted by Gasteiger charge is -2.25. The summed E-state index contributed by atoms with van der Waals surface area (Å²) in [6.45, 7) is 4.93. The van der Waals surface area contributed by atoms with Gasteiger partial charge in [-0.25, -0.2) is 8.91 Å². The van der Waals surface area contributed by atoms with Crippen molar-refractivity contribution in [1.82, 2.24) is 19.9 Å². The molecule has 0 amide bonds. The predicted octanol–water partition coefficient (Wildman–Crippen LogP) is 1.06. The Labute approximate surface area is 105 Å². The van der Waals surface area contributed by atoms with Gasteiger partial charge in [0.25, 0.3) is 0 Å². The van der Waals surface area contributed by atoms with Gasteiger partial charge in [-0.2, -0.15) is 4.98 Å². The van der Waals surface area contributed by atoms with Crippen molar-refractivity contribution in [3.8, 4) is 0 Å². The largest absolute Gasteiger partial charge is 0.335 e. The molecule has 0 spiro atoms. The molecule has 3 rings (SSSR count). The van der Waals surface area contributed by atoms with Gasteiger partial charge >= 0.3 is 0 Å². The SMILES string of the molecule is CCN(c1nc2ccc(F)cn2n1)C1CCNC1. The molecule has 5 nitrogen and oxygen atoms in total. The summed E-state index contributed by atoms with van der Waals surface area (Å²) in [5, 5.41) is 7.69. The second kappa shape index (κ2) is 4.53. The molecule has 6 heteroatoms. The van der Waals surface area contributed by atoms with Gasteiger partial charge in [0, 0.05) is 19.1 Å². The third-order valence-electron chi connectivity index (χ3n) is 3.36. The number of halogens is 1. The van der Waals surface area contributed by atoms with Crippen LogP contribution in [0.1, 0.15) is 13.3 Å². The monoisotopic (exact) mass is 249 g/mol. The minimum Gasteiger partial charge on any atom is -0.335 e. The molecule has 1 atom stereocenters. The molecule has 0 saturated carbocycles. The second-order valence-corrected chi connectivity index (χ2v) is 4.49. The Balaban J connectivity index is 1.96. The fraction of sp³-hybridized carbons (Fsp3) is 0.500. The normalized spacial score (nSPS) is 19.6. The highest BCUT2D eigenvalue weighted by Crippen LogP contribution is 2.17. The van der Waals surface area contributed by atoms with Crippen LogP contribution in [-0.4, -0.2) is 40.3 Å². The van der Waals surface area contributed by atoms with Gasteiger partial charge in [-0.05, 0) is 32.0 Å². The zero-order chi connectivity index (χ0) is 12.5. The molecule has 0 aromatic carbocycles. The van der Waals surface area contributed by atoms with E-state index in [0.29, 0.717) is 17.6 Å². The van der Waals surface area contributed by atoms with E-state index in [0.717, 1.165) is 26.1 Å². The van der Waals surface area contributed by atoms with Crippen molar-refractivity contribution in [2.24, 2.45) is 0 Å². The number of nitrogens with one attached hydrogen (secondary N) is 1. The summed E-state index contributed by atoms with van der Waals surface area (Å²) < 4.78 is 14.6. The molecule has 3 heterocycles. The Kier molecular flexibility index (Phi) is 2.87. The molecule has 1 N–H and O–H groups in total.